The van der Waals surface area contributed by atoms with Crippen LogP contribution in [-0.2, 0) is 4.74 Å². The van der Waals surface area contributed by atoms with Crippen molar-refractivity contribution in [2.45, 2.75) is 18.9 Å². The van der Waals surface area contributed by atoms with E-state index in [2.05, 4.69) is 10.6 Å². The molecule has 3 aromatic rings. The predicted octanol–water partition coefficient (Wildman–Crippen LogP) is 5.24. The van der Waals surface area contributed by atoms with Crippen molar-refractivity contribution < 1.29 is 14.3 Å². The topological polar surface area (TPSA) is 59.6 Å². The van der Waals surface area contributed by atoms with E-state index in [1.54, 1.807) is 12.1 Å². The highest BCUT2D eigenvalue weighted by atomic mass is 16.5. The molecule has 1 aliphatic heterocycles. The lowest BCUT2D eigenvalue weighted by Gasteiger charge is -2.12. The Kier molecular flexibility index (Phi) is 6.07. The highest BCUT2D eigenvalue weighted by molar-refractivity contribution is 6.04. The molecule has 1 aliphatic rings. The van der Waals surface area contributed by atoms with Gasteiger partial charge in [-0.2, -0.15) is 0 Å². The molecule has 0 bridgehead atoms. The minimum Gasteiger partial charge on any atom is -0.491 e. The van der Waals surface area contributed by atoms with E-state index in [1.807, 2.05) is 66.7 Å². The fourth-order valence-corrected chi connectivity index (χ4v) is 3.22. The van der Waals surface area contributed by atoms with Crippen molar-refractivity contribution >= 4 is 23.0 Å². The van der Waals surface area contributed by atoms with E-state index < -0.39 is 0 Å². The van der Waals surface area contributed by atoms with Crippen LogP contribution in [-0.4, -0.2) is 25.2 Å². The van der Waals surface area contributed by atoms with E-state index in [1.165, 1.54) is 0 Å². The Morgan fingerprint density at radius 1 is 0.931 bits per heavy atom. The Morgan fingerprint density at radius 2 is 1.69 bits per heavy atom. The number of anilines is 3. The molecule has 1 unspecified atom stereocenters. The Labute approximate surface area is 170 Å². The van der Waals surface area contributed by atoms with Crippen molar-refractivity contribution in [3.05, 3.63) is 84.4 Å². The summed E-state index contributed by atoms with van der Waals surface area (Å²) in [5, 5.41) is 6.25. The molecule has 2 N–H and O–H groups in total. The molecule has 29 heavy (non-hydrogen) atoms. The maximum absolute atomic E-state index is 12.6. The minimum atomic E-state index is -0.170. The summed E-state index contributed by atoms with van der Waals surface area (Å²) in [4.78, 5) is 12.6. The number of ether oxygens (including phenoxy) is 2. The summed E-state index contributed by atoms with van der Waals surface area (Å²) in [5.74, 6) is 0.506. The van der Waals surface area contributed by atoms with Gasteiger partial charge < -0.3 is 20.1 Å². The largest absolute Gasteiger partial charge is 0.491 e. The van der Waals surface area contributed by atoms with Gasteiger partial charge in [-0.25, -0.2) is 0 Å². The number of rotatable bonds is 7. The highest BCUT2D eigenvalue weighted by Gasteiger charge is 2.16. The van der Waals surface area contributed by atoms with Gasteiger partial charge in [-0.05, 0) is 67.4 Å². The van der Waals surface area contributed by atoms with E-state index in [9.17, 15) is 4.79 Å². The molecule has 1 heterocycles. The molecule has 5 nitrogen and oxygen atoms in total. The van der Waals surface area contributed by atoms with E-state index in [0.29, 0.717) is 17.9 Å². The molecule has 0 spiro atoms. The van der Waals surface area contributed by atoms with Gasteiger partial charge in [0, 0.05) is 29.2 Å². The first-order valence-electron chi connectivity index (χ1n) is 9.84. The van der Waals surface area contributed by atoms with Crippen molar-refractivity contribution in [3.8, 4) is 5.75 Å². The van der Waals surface area contributed by atoms with Crippen LogP contribution in [0.4, 0.5) is 17.1 Å². The van der Waals surface area contributed by atoms with E-state index in [-0.39, 0.29) is 12.0 Å². The number of nitrogens with one attached hydrogen (secondary N) is 2. The predicted molar refractivity (Wildman–Crippen MR) is 115 cm³/mol. The average molecular weight is 388 g/mol. The summed E-state index contributed by atoms with van der Waals surface area (Å²) in [6, 6.07) is 24.8. The van der Waals surface area contributed by atoms with Gasteiger partial charge in [0.2, 0.25) is 0 Å². The molecule has 0 saturated carbocycles. The van der Waals surface area contributed by atoms with Crippen LogP contribution in [0.15, 0.2) is 78.9 Å². The fourth-order valence-electron chi connectivity index (χ4n) is 3.22. The third-order valence-electron chi connectivity index (χ3n) is 4.76. The van der Waals surface area contributed by atoms with Crippen molar-refractivity contribution in [1.29, 1.82) is 0 Å². The molecular weight excluding hydrogens is 364 g/mol. The molecule has 1 saturated heterocycles. The lowest BCUT2D eigenvalue weighted by atomic mass is 10.2. The molecule has 3 aromatic carbocycles. The van der Waals surface area contributed by atoms with Gasteiger partial charge in [-0.1, -0.05) is 24.3 Å². The monoisotopic (exact) mass is 388 g/mol. The van der Waals surface area contributed by atoms with Gasteiger partial charge in [0.1, 0.15) is 12.4 Å². The zero-order valence-electron chi connectivity index (χ0n) is 16.1. The summed E-state index contributed by atoms with van der Waals surface area (Å²) in [5.41, 5.74) is 3.27. The van der Waals surface area contributed by atoms with Gasteiger partial charge in [-0.15, -0.1) is 0 Å². The van der Waals surface area contributed by atoms with Crippen LogP contribution in [0.1, 0.15) is 23.2 Å². The second kappa shape index (κ2) is 9.26. The van der Waals surface area contributed by atoms with Crippen LogP contribution in [0.3, 0.4) is 0 Å². The van der Waals surface area contributed by atoms with Gasteiger partial charge in [0.05, 0.1) is 6.10 Å². The van der Waals surface area contributed by atoms with Crippen molar-refractivity contribution in [1.82, 2.24) is 0 Å². The maximum atomic E-state index is 12.6. The van der Waals surface area contributed by atoms with Crippen LogP contribution >= 0.6 is 0 Å². The quantitative estimate of drug-likeness (QED) is 0.581. The van der Waals surface area contributed by atoms with Gasteiger partial charge in [0.25, 0.3) is 5.91 Å². The lowest BCUT2D eigenvalue weighted by Crippen LogP contribution is -2.17. The zero-order valence-corrected chi connectivity index (χ0v) is 16.1. The van der Waals surface area contributed by atoms with Crippen molar-refractivity contribution in [2.75, 3.05) is 23.8 Å². The lowest BCUT2D eigenvalue weighted by molar-refractivity contribution is 0.0679. The fraction of sp³-hybridized carbons (Fsp3) is 0.208. The molecule has 0 radical (unpaired) electrons. The van der Waals surface area contributed by atoms with E-state index >= 15 is 0 Å². The molecule has 0 aromatic heterocycles. The first kappa shape index (κ1) is 19.0. The molecule has 1 fully saturated rings. The number of para-hydroxylation sites is 1. The van der Waals surface area contributed by atoms with Crippen LogP contribution in [0.25, 0.3) is 0 Å². The van der Waals surface area contributed by atoms with Crippen LogP contribution in [0.2, 0.25) is 0 Å². The number of carbonyl (C=O) groups excluding carboxylic acids is 1. The normalized spacial score (nSPS) is 15.7. The summed E-state index contributed by atoms with van der Waals surface area (Å²) >= 11 is 0. The molecule has 1 atom stereocenters. The molecule has 0 aliphatic carbocycles. The number of hydrogen-bond donors (Lipinski definition) is 2. The van der Waals surface area contributed by atoms with E-state index in [4.69, 9.17) is 9.47 Å². The summed E-state index contributed by atoms with van der Waals surface area (Å²) in [7, 11) is 0. The first-order chi connectivity index (χ1) is 14.3. The van der Waals surface area contributed by atoms with Gasteiger partial charge in [0.15, 0.2) is 0 Å². The number of amides is 1. The minimum absolute atomic E-state index is 0.149. The summed E-state index contributed by atoms with van der Waals surface area (Å²) in [6.45, 7) is 1.32. The third-order valence-corrected chi connectivity index (χ3v) is 4.76. The Hall–Kier alpha value is -3.31. The maximum Gasteiger partial charge on any atom is 0.255 e. The molecular formula is C24H24N2O3. The Bertz CT molecular complexity index is 936. The van der Waals surface area contributed by atoms with Crippen molar-refractivity contribution in [3.63, 3.8) is 0 Å². The van der Waals surface area contributed by atoms with E-state index in [0.717, 1.165) is 36.5 Å². The second-order valence-corrected chi connectivity index (χ2v) is 7.00. The molecule has 4 rings (SSSR count). The third kappa shape index (κ3) is 5.36. The average Bonchev–Trinajstić information content (AvgIpc) is 3.28. The Balaban J connectivity index is 1.34. The number of hydrogen-bond acceptors (Lipinski definition) is 4. The van der Waals surface area contributed by atoms with Crippen LogP contribution in [0, 0.1) is 0 Å². The second-order valence-electron chi connectivity index (χ2n) is 7.00. The van der Waals surface area contributed by atoms with Crippen molar-refractivity contribution in [2.24, 2.45) is 0 Å². The smallest absolute Gasteiger partial charge is 0.255 e. The van der Waals surface area contributed by atoms with Crippen LogP contribution < -0.4 is 15.4 Å². The zero-order chi connectivity index (χ0) is 19.9. The van der Waals surface area contributed by atoms with Gasteiger partial charge >= 0.3 is 0 Å². The molecule has 148 valence electrons. The first-order valence-corrected chi connectivity index (χ1v) is 9.84. The SMILES string of the molecule is O=C(Nc1ccc(Nc2ccccc2)cc1)c1cccc(OCC2CCCO2)c1. The number of carbonyl (C=O) groups is 1. The highest BCUT2D eigenvalue weighted by Crippen LogP contribution is 2.21. The summed E-state index contributed by atoms with van der Waals surface area (Å²) in [6.07, 6.45) is 2.25. The molecule has 5 heteroatoms. The standard InChI is InChI=1S/C24H24N2O3/c27-24(18-6-4-9-22(16-18)29-17-23-10-5-15-28-23)26-21-13-11-20(12-14-21)25-19-7-2-1-3-8-19/h1-4,6-9,11-14,16,23,25H,5,10,15,17H2,(H,26,27). The van der Waals surface area contributed by atoms with Crippen LogP contribution in [0.5, 0.6) is 5.75 Å². The summed E-state index contributed by atoms with van der Waals surface area (Å²) < 4.78 is 11.4. The Morgan fingerprint density at radius 3 is 2.45 bits per heavy atom. The number of benzene rings is 3. The molecule has 1 amide bonds. The van der Waals surface area contributed by atoms with Gasteiger partial charge in [-0.3, -0.25) is 4.79 Å².